The number of methoxy groups -OCH3 is 1. The highest BCUT2D eigenvalue weighted by atomic mass is 16.5. The van der Waals surface area contributed by atoms with Gasteiger partial charge >= 0.3 is 0 Å². The summed E-state index contributed by atoms with van der Waals surface area (Å²) in [4.78, 5) is 10.5. The van der Waals surface area contributed by atoms with Crippen molar-refractivity contribution in [2.45, 2.75) is 19.3 Å². The molecule has 0 N–H and O–H groups in total. The van der Waals surface area contributed by atoms with Crippen LogP contribution in [0.4, 0.5) is 0 Å². The van der Waals surface area contributed by atoms with E-state index in [1.807, 2.05) is 30.3 Å². The molecule has 0 aromatic heterocycles. The van der Waals surface area contributed by atoms with Gasteiger partial charge < -0.3 is 19.4 Å². The Balaban J connectivity index is 1.94. The van der Waals surface area contributed by atoms with Crippen LogP contribution in [0.25, 0.3) is 0 Å². The lowest BCUT2D eigenvalue weighted by Crippen LogP contribution is -2.22. The molecular formula is C18H19O4-. The largest absolute Gasteiger partial charge is 0.550 e. The maximum atomic E-state index is 10.5. The number of carboxylic acid groups (broad SMARTS) is 1. The molecule has 0 spiro atoms. The van der Waals surface area contributed by atoms with E-state index in [0.29, 0.717) is 24.5 Å². The molecule has 2 aromatic rings. The van der Waals surface area contributed by atoms with Gasteiger partial charge in [-0.25, -0.2) is 0 Å². The molecule has 4 heteroatoms. The first-order valence-electron chi connectivity index (χ1n) is 7.22. The van der Waals surface area contributed by atoms with E-state index in [1.165, 1.54) is 5.56 Å². The standard InChI is InChI=1S/C18H20O4/c1-21-17-13-15(8-10-18(19)20)7-9-16(17)22-12-11-14-5-3-2-4-6-14/h2-7,9,13H,8,10-12H2,1H3,(H,19,20)/p-1. The third-order valence-corrected chi connectivity index (χ3v) is 3.34. The number of carbonyl (C=O) groups excluding carboxylic acids is 1. The fraction of sp³-hybridized carbons (Fsp3) is 0.278. The zero-order valence-electron chi connectivity index (χ0n) is 12.6. The van der Waals surface area contributed by atoms with Crippen LogP contribution in [-0.4, -0.2) is 19.7 Å². The topological polar surface area (TPSA) is 58.6 Å². The average Bonchev–Trinajstić information content (AvgIpc) is 2.54. The number of carbonyl (C=O) groups is 1. The summed E-state index contributed by atoms with van der Waals surface area (Å²) in [7, 11) is 1.57. The van der Waals surface area contributed by atoms with Gasteiger partial charge in [-0.1, -0.05) is 36.4 Å². The third-order valence-electron chi connectivity index (χ3n) is 3.34. The van der Waals surface area contributed by atoms with Crippen molar-refractivity contribution in [1.29, 1.82) is 0 Å². The summed E-state index contributed by atoms with van der Waals surface area (Å²) in [6, 6.07) is 15.6. The Hall–Kier alpha value is -2.49. The summed E-state index contributed by atoms with van der Waals surface area (Å²) in [5.74, 6) is 0.224. The fourth-order valence-corrected chi connectivity index (χ4v) is 2.16. The van der Waals surface area contributed by atoms with Crippen LogP contribution in [0.5, 0.6) is 11.5 Å². The lowest BCUT2D eigenvalue weighted by molar-refractivity contribution is -0.305. The van der Waals surface area contributed by atoms with Crippen molar-refractivity contribution in [2.75, 3.05) is 13.7 Å². The molecule has 0 amide bonds. The van der Waals surface area contributed by atoms with Gasteiger partial charge in [-0.2, -0.15) is 0 Å². The molecule has 0 aliphatic heterocycles. The van der Waals surface area contributed by atoms with Crippen molar-refractivity contribution in [3.05, 3.63) is 59.7 Å². The van der Waals surface area contributed by atoms with Crippen LogP contribution in [0.1, 0.15) is 17.5 Å². The van der Waals surface area contributed by atoms with Crippen LogP contribution in [0, 0.1) is 0 Å². The van der Waals surface area contributed by atoms with Gasteiger partial charge in [0, 0.05) is 12.4 Å². The molecule has 0 radical (unpaired) electrons. The summed E-state index contributed by atoms with van der Waals surface area (Å²) in [6.07, 6.45) is 1.23. The molecule has 2 aromatic carbocycles. The van der Waals surface area contributed by atoms with Gasteiger partial charge in [-0.3, -0.25) is 0 Å². The van der Waals surface area contributed by atoms with Gasteiger partial charge in [0.2, 0.25) is 0 Å². The summed E-state index contributed by atoms with van der Waals surface area (Å²) >= 11 is 0. The highest BCUT2D eigenvalue weighted by Gasteiger charge is 2.06. The van der Waals surface area contributed by atoms with E-state index >= 15 is 0 Å². The second-order valence-electron chi connectivity index (χ2n) is 4.94. The Kier molecular flexibility index (Phi) is 5.83. The Morgan fingerprint density at radius 3 is 2.45 bits per heavy atom. The van der Waals surface area contributed by atoms with E-state index in [0.717, 1.165) is 12.0 Å². The van der Waals surface area contributed by atoms with Gasteiger partial charge in [0.25, 0.3) is 0 Å². The molecule has 22 heavy (non-hydrogen) atoms. The maximum absolute atomic E-state index is 10.5. The third kappa shape index (κ3) is 4.81. The van der Waals surface area contributed by atoms with Crippen molar-refractivity contribution in [2.24, 2.45) is 0 Å². The summed E-state index contributed by atoms with van der Waals surface area (Å²) < 4.78 is 11.1. The van der Waals surface area contributed by atoms with Crippen molar-refractivity contribution < 1.29 is 19.4 Å². The summed E-state index contributed by atoms with van der Waals surface area (Å²) in [5.41, 5.74) is 2.10. The molecule has 0 bridgehead atoms. The molecule has 0 atom stereocenters. The van der Waals surface area contributed by atoms with Crippen LogP contribution in [-0.2, 0) is 17.6 Å². The van der Waals surface area contributed by atoms with Crippen molar-refractivity contribution >= 4 is 5.97 Å². The Morgan fingerprint density at radius 2 is 1.77 bits per heavy atom. The Morgan fingerprint density at radius 1 is 1.00 bits per heavy atom. The molecule has 0 fully saturated rings. The van der Waals surface area contributed by atoms with Crippen LogP contribution >= 0.6 is 0 Å². The number of carboxylic acids is 1. The van der Waals surface area contributed by atoms with Gasteiger partial charge in [0.05, 0.1) is 13.7 Å². The molecule has 0 aliphatic rings. The minimum absolute atomic E-state index is 0.00261. The number of aryl methyl sites for hydroxylation is 1. The lowest BCUT2D eigenvalue weighted by Gasteiger charge is -2.12. The van der Waals surface area contributed by atoms with Crippen LogP contribution < -0.4 is 14.6 Å². The minimum atomic E-state index is -1.05. The molecule has 0 aliphatic carbocycles. The van der Waals surface area contributed by atoms with Crippen LogP contribution in [0.15, 0.2) is 48.5 Å². The molecule has 0 saturated heterocycles. The molecule has 116 valence electrons. The first-order chi connectivity index (χ1) is 10.7. The Bertz CT molecular complexity index is 608. The van der Waals surface area contributed by atoms with E-state index in [-0.39, 0.29) is 6.42 Å². The smallest absolute Gasteiger partial charge is 0.161 e. The number of benzene rings is 2. The molecule has 2 rings (SSSR count). The number of hydrogen-bond donors (Lipinski definition) is 0. The van der Waals surface area contributed by atoms with Crippen molar-refractivity contribution in [3.8, 4) is 11.5 Å². The van der Waals surface area contributed by atoms with Gasteiger partial charge in [-0.15, -0.1) is 0 Å². The first-order valence-corrected chi connectivity index (χ1v) is 7.22. The monoisotopic (exact) mass is 299 g/mol. The Labute approximate surface area is 130 Å². The number of hydrogen-bond acceptors (Lipinski definition) is 4. The minimum Gasteiger partial charge on any atom is -0.550 e. The fourth-order valence-electron chi connectivity index (χ4n) is 2.16. The zero-order chi connectivity index (χ0) is 15.8. The quantitative estimate of drug-likeness (QED) is 0.748. The number of ether oxygens (including phenoxy) is 2. The lowest BCUT2D eigenvalue weighted by atomic mass is 10.1. The summed E-state index contributed by atoms with van der Waals surface area (Å²) in [6.45, 7) is 0.554. The van der Waals surface area contributed by atoms with E-state index in [2.05, 4.69) is 12.1 Å². The highest BCUT2D eigenvalue weighted by Crippen LogP contribution is 2.28. The zero-order valence-corrected chi connectivity index (χ0v) is 12.6. The van der Waals surface area contributed by atoms with Crippen LogP contribution in [0.3, 0.4) is 0 Å². The molecule has 0 unspecified atom stereocenters. The molecule has 0 saturated carbocycles. The predicted molar refractivity (Wildman–Crippen MR) is 82.0 cm³/mol. The van der Waals surface area contributed by atoms with Gasteiger partial charge in [-0.05, 0) is 36.1 Å². The second-order valence-corrected chi connectivity index (χ2v) is 4.94. The van der Waals surface area contributed by atoms with E-state index in [9.17, 15) is 9.90 Å². The average molecular weight is 299 g/mol. The number of aliphatic carboxylic acids is 1. The van der Waals surface area contributed by atoms with E-state index in [4.69, 9.17) is 9.47 Å². The van der Waals surface area contributed by atoms with Gasteiger partial charge in [0.1, 0.15) is 0 Å². The normalized spacial score (nSPS) is 10.2. The predicted octanol–water partition coefficient (Wildman–Crippen LogP) is 2.00. The maximum Gasteiger partial charge on any atom is 0.161 e. The van der Waals surface area contributed by atoms with E-state index < -0.39 is 5.97 Å². The molecular weight excluding hydrogens is 280 g/mol. The number of rotatable bonds is 8. The van der Waals surface area contributed by atoms with Crippen LogP contribution in [0.2, 0.25) is 0 Å². The van der Waals surface area contributed by atoms with E-state index in [1.54, 1.807) is 13.2 Å². The SMILES string of the molecule is COc1cc(CCC(=O)[O-])ccc1OCCc1ccccc1. The van der Waals surface area contributed by atoms with Crippen molar-refractivity contribution in [3.63, 3.8) is 0 Å². The highest BCUT2D eigenvalue weighted by molar-refractivity contribution is 5.64. The summed E-state index contributed by atoms with van der Waals surface area (Å²) in [5, 5.41) is 10.5. The first kappa shape index (κ1) is 15.9. The van der Waals surface area contributed by atoms with Crippen molar-refractivity contribution in [1.82, 2.24) is 0 Å². The van der Waals surface area contributed by atoms with Gasteiger partial charge in [0.15, 0.2) is 11.5 Å². The second kappa shape index (κ2) is 8.08. The molecule has 0 heterocycles. The molecule has 4 nitrogen and oxygen atoms in total.